The zero-order valence-electron chi connectivity index (χ0n) is 12.1. The van der Waals surface area contributed by atoms with Crippen molar-refractivity contribution in [2.45, 2.75) is 63.6 Å². The standard InChI is InChI=1S/C16H24N4/c1-3-13-4-2-8-20(15(13)5-1)16-18-10-12(11-19-16)9-17-14-6-7-14/h10-11,13-15,17H,1-9H2. The predicted octanol–water partition coefficient (Wildman–Crippen LogP) is 2.50. The molecular weight excluding hydrogens is 248 g/mol. The fourth-order valence-electron chi connectivity index (χ4n) is 3.84. The Morgan fingerprint density at radius 3 is 2.65 bits per heavy atom. The number of nitrogens with one attached hydrogen (secondary N) is 1. The summed E-state index contributed by atoms with van der Waals surface area (Å²) in [5.41, 5.74) is 1.21. The Labute approximate surface area is 121 Å². The molecule has 0 radical (unpaired) electrons. The maximum Gasteiger partial charge on any atom is 0.225 e. The zero-order chi connectivity index (χ0) is 13.4. The molecule has 1 N–H and O–H groups in total. The van der Waals surface area contributed by atoms with E-state index in [4.69, 9.17) is 0 Å². The Kier molecular flexibility index (Phi) is 3.34. The summed E-state index contributed by atoms with van der Waals surface area (Å²) in [6.45, 7) is 2.05. The van der Waals surface area contributed by atoms with E-state index in [0.29, 0.717) is 6.04 Å². The van der Waals surface area contributed by atoms with Gasteiger partial charge in [-0.2, -0.15) is 0 Å². The van der Waals surface area contributed by atoms with E-state index in [2.05, 4.69) is 20.2 Å². The third kappa shape index (κ3) is 2.53. The van der Waals surface area contributed by atoms with Gasteiger partial charge in [-0.3, -0.25) is 0 Å². The lowest BCUT2D eigenvalue weighted by molar-refractivity contribution is 0.358. The van der Waals surface area contributed by atoms with E-state index in [-0.39, 0.29) is 0 Å². The summed E-state index contributed by atoms with van der Waals surface area (Å²) in [4.78, 5) is 11.7. The number of fused-ring (bicyclic) bond motifs is 1. The van der Waals surface area contributed by atoms with Crippen molar-refractivity contribution in [2.24, 2.45) is 5.92 Å². The highest BCUT2D eigenvalue weighted by molar-refractivity contribution is 5.33. The van der Waals surface area contributed by atoms with Crippen LogP contribution in [0.25, 0.3) is 0 Å². The summed E-state index contributed by atoms with van der Waals surface area (Å²) in [7, 11) is 0. The Morgan fingerprint density at radius 2 is 1.85 bits per heavy atom. The first kappa shape index (κ1) is 12.6. The van der Waals surface area contributed by atoms with Crippen LogP contribution in [0.4, 0.5) is 5.95 Å². The van der Waals surface area contributed by atoms with Crippen molar-refractivity contribution < 1.29 is 0 Å². The lowest BCUT2D eigenvalue weighted by Crippen LogP contribution is -2.43. The van der Waals surface area contributed by atoms with E-state index in [9.17, 15) is 0 Å². The Balaban J connectivity index is 1.44. The molecule has 3 aliphatic rings. The first-order valence-electron chi connectivity index (χ1n) is 8.21. The maximum absolute atomic E-state index is 4.64. The highest BCUT2D eigenvalue weighted by Crippen LogP contribution is 2.37. The molecule has 1 aromatic heterocycles. The van der Waals surface area contributed by atoms with Crippen LogP contribution in [-0.4, -0.2) is 28.6 Å². The van der Waals surface area contributed by atoms with Crippen LogP contribution in [0.5, 0.6) is 0 Å². The molecule has 2 atom stereocenters. The summed E-state index contributed by atoms with van der Waals surface area (Å²) < 4.78 is 0. The van der Waals surface area contributed by atoms with Crippen molar-refractivity contribution in [3.05, 3.63) is 18.0 Å². The topological polar surface area (TPSA) is 41.1 Å². The number of hydrogen-bond acceptors (Lipinski definition) is 4. The predicted molar refractivity (Wildman–Crippen MR) is 79.6 cm³/mol. The molecule has 0 bridgehead atoms. The van der Waals surface area contributed by atoms with Crippen molar-refractivity contribution in [3.8, 4) is 0 Å². The van der Waals surface area contributed by atoms with Crippen LogP contribution in [0, 0.1) is 5.92 Å². The second-order valence-corrected chi connectivity index (χ2v) is 6.64. The Hall–Kier alpha value is -1.16. The number of anilines is 1. The van der Waals surface area contributed by atoms with Crippen LogP contribution in [0.1, 0.15) is 50.5 Å². The van der Waals surface area contributed by atoms with Gasteiger partial charge in [0.1, 0.15) is 0 Å². The van der Waals surface area contributed by atoms with Gasteiger partial charge in [0.15, 0.2) is 0 Å². The molecule has 2 aliphatic carbocycles. The molecule has 1 aliphatic heterocycles. The molecule has 4 rings (SSSR count). The SMILES string of the molecule is c1nc(N2CCCC3CCCC32)ncc1CNC1CC1. The molecule has 2 unspecified atom stereocenters. The van der Waals surface area contributed by atoms with Crippen LogP contribution in [0.3, 0.4) is 0 Å². The van der Waals surface area contributed by atoms with Gasteiger partial charge in [0.25, 0.3) is 0 Å². The largest absolute Gasteiger partial charge is 0.338 e. The van der Waals surface area contributed by atoms with Crippen LogP contribution < -0.4 is 10.2 Å². The van der Waals surface area contributed by atoms with Gasteiger partial charge in [-0.15, -0.1) is 0 Å². The molecule has 2 saturated carbocycles. The second-order valence-electron chi connectivity index (χ2n) is 6.64. The van der Waals surface area contributed by atoms with E-state index in [1.54, 1.807) is 0 Å². The Bertz CT molecular complexity index is 454. The van der Waals surface area contributed by atoms with E-state index >= 15 is 0 Å². The minimum atomic E-state index is 0.708. The molecule has 2 heterocycles. The third-order valence-corrected chi connectivity index (χ3v) is 5.11. The van der Waals surface area contributed by atoms with Gasteiger partial charge in [0, 0.05) is 43.1 Å². The van der Waals surface area contributed by atoms with Crippen molar-refractivity contribution in [1.82, 2.24) is 15.3 Å². The van der Waals surface area contributed by atoms with Crippen molar-refractivity contribution in [1.29, 1.82) is 0 Å². The summed E-state index contributed by atoms with van der Waals surface area (Å²) >= 11 is 0. The van der Waals surface area contributed by atoms with Gasteiger partial charge in [0.05, 0.1) is 0 Å². The van der Waals surface area contributed by atoms with Crippen molar-refractivity contribution in [2.75, 3.05) is 11.4 Å². The summed E-state index contributed by atoms with van der Waals surface area (Å²) in [6.07, 6.45) is 13.5. The van der Waals surface area contributed by atoms with Crippen LogP contribution in [0.15, 0.2) is 12.4 Å². The lowest BCUT2D eigenvalue weighted by atomic mass is 9.92. The normalized spacial score (nSPS) is 29.5. The molecule has 1 aromatic rings. The molecule has 20 heavy (non-hydrogen) atoms. The van der Waals surface area contributed by atoms with E-state index in [1.165, 1.54) is 50.5 Å². The quantitative estimate of drug-likeness (QED) is 0.914. The average molecular weight is 272 g/mol. The lowest BCUT2D eigenvalue weighted by Gasteiger charge is -2.37. The smallest absolute Gasteiger partial charge is 0.225 e. The number of piperidine rings is 1. The minimum absolute atomic E-state index is 0.708. The fourth-order valence-corrected chi connectivity index (χ4v) is 3.84. The number of nitrogens with zero attached hydrogens (tertiary/aromatic N) is 3. The molecule has 0 spiro atoms. The Morgan fingerprint density at radius 1 is 1.05 bits per heavy atom. The second kappa shape index (κ2) is 5.32. The molecule has 0 aromatic carbocycles. The molecule has 4 heteroatoms. The van der Waals surface area contributed by atoms with Gasteiger partial charge in [0.2, 0.25) is 5.95 Å². The number of rotatable bonds is 4. The van der Waals surface area contributed by atoms with Crippen molar-refractivity contribution >= 4 is 5.95 Å². The molecular formula is C16H24N4. The molecule has 3 fully saturated rings. The summed E-state index contributed by atoms with van der Waals surface area (Å²) in [5.74, 6) is 1.85. The fraction of sp³-hybridized carbons (Fsp3) is 0.750. The zero-order valence-corrected chi connectivity index (χ0v) is 12.1. The van der Waals surface area contributed by atoms with E-state index in [1.807, 2.05) is 12.4 Å². The summed E-state index contributed by atoms with van der Waals surface area (Å²) in [5, 5.41) is 3.52. The van der Waals surface area contributed by atoms with Gasteiger partial charge in [-0.25, -0.2) is 9.97 Å². The number of aromatic nitrogens is 2. The molecule has 0 amide bonds. The third-order valence-electron chi connectivity index (χ3n) is 5.11. The van der Waals surface area contributed by atoms with E-state index < -0.39 is 0 Å². The van der Waals surface area contributed by atoms with Gasteiger partial charge in [-0.05, 0) is 44.4 Å². The van der Waals surface area contributed by atoms with Crippen LogP contribution in [-0.2, 0) is 6.54 Å². The van der Waals surface area contributed by atoms with Crippen LogP contribution >= 0.6 is 0 Å². The molecule has 108 valence electrons. The number of hydrogen-bond donors (Lipinski definition) is 1. The molecule has 1 saturated heterocycles. The molecule has 4 nitrogen and oxygen atoms in total. The van der Waals surface area contributed by atoms with E-state index in [0.717, 1.165) is 31.0 Å². The maximum atomic E-state index is 4.64. The van der Waals surface area contributed by atoms with Crippen LogP contribution in [0.2, 0.25) is 0 Å². The first-order valence-corrected chi connectivity index (χ1v) is 8.21. The van der Waals surface area contributed by atoms with Gasteiger partial charge in [-0.1, -0.05) is 6.42 Å². The van der Waals surface area contributed by atoms with Gasteiger partial charge >= 0.3 is 0 Å². The van der Waals surface area contributed by atoms with Gasteiger partial charge < -0.3 is 10.2 Å². The first-order chi connectivity index (χ1) is 9.90. The summed E-state index contributed by atoms with van der Waals surface area (Å²) in [6, 6.07) is 1.45. The highest BCUT2D eigenvalue weighted by atomic mass is 15.3. The average Bonchev–Trinajstić information content (AvgIpc) is 3.20. The minimum Gasteiger partial charge on any atom is -0.338 e. The monoisotopic (exact) mass is 272 g/mol. The highest BCUT2D eigenvalue weighted by Gasteiger charge is 2.36. The van der Waals surface area contributed by atoms with Crippen molar-refractivity contribution in [3.63, 3.8) is 0 Å².